The number of nitrogens with zero attached hydrogens (tertiary/aromatic N) is 2. The lowest BCUT2D eigenvalue weighted by atomic mass is 9.55. The van der Waals surface area contributed by atoms with Crippen LogP contribution < -0.4 is 5.32 Å². The lowest BCUT2D eigenvalue weighted by Gasteiger charge is -2.47. The second kappa shape index (κ2) is 9.10. The van der Waals surface area contributed by atoms with Crippen LogP contribution in [0.2, 0.25) is 10.8 Å². The van der Waals surface area contributed by atoms with Gasteiger partial charge in [-0.05, 0) is 35.1 Å². The molecule has 0 radical (unpaired) electrons. The standard InChI is InChI=1S/C22H22B4ClF2N3O4/c23-15-8-16(33)32(26)20(36)21(15,25)31-9-11-7-10(1-6-14(11)18(31)34)17(24)30-19(35)22(28,29)12-2-4-13(27)5-3-12/h1-7,15,17H,8-9,23-26H2,(H,30,35)/t15?,17?,21-/m1/s1. The summed E-state index contributed by atoms with van der Waals surface area (Å²) in [6, 6.07) is 9.62. The summed E-state index contributed by atoms with van der Waals surface area (Å²) in [6.45, 7) is 0.123. The first kappa shape index (κ1) is 26.0. The van der Waals surface area contributed by atoms with E-state index in [2.05, 4.69) is 5.32 Å². The maximum absolute atomic E-state index is 14.7. The van der Waals surface area contributed by atoms with E-state index in [1.54, 1.807) is 41.7 Å². The van der Waals surface area contributed by atoms with Crippen LogP contribution in [-0.2, 0) is 26.9 Å². The van der Waals surface area contributed by atoms with Gasteiger partial charge >= 0.3 is 5.92 Å². The van der Waals surface area contributed by atoms with E-state index in [9.17, 15) is 28.0 Å². The number of carbonyl (C=O) groups is 4. The Morgan fingerprint density at radius 1 is 1.17 bits per heavy atom. The third-order valence-corrected chi connectivity index (χ3v) is 7.64. The summed E-state index contributed by atoms with van der Waals surface area (Å²) < 4.78 is 29.4. The van der Waals surface area contributed by atoms with Crippen molar-refractivity contribution in [3.05, 3.63) is 69.7 Å². The SMILES string of the molecule is BC(NC(=O)C(F)(F)c1ccc(Cl)cc1)c1ccc2c(c1)CN([C@@]1(B)C(=O)N(B)C(=O)CC1B)C2=O. The number of amides is 4. The third-order valence-electron chi connectivity index (χ3n) is 7.39. The molecule has 4 amide bonds. The van der Waals surface area contributed by atoms with Crippen LogP contribution in [0.1, 0.15) is 39.4 Å². The van der Waals surface area contributed by atoms with Crippen LogP contribution in [0.3, 0.4) is 0 Å². The van der Waals surface area contributed by atoms with Crippen molar-refractivity contribution in [2.24, 2.45) is 0 Å². The molecule has 1 N–H and O–H groups in total. The smallest absolute Gasteiger partial charge is 0.349 e. The summed E-state index contributed by atoms with van der Waals surface area (Å²) in [5.41, 5.74) is -0.147. The van der Waals surface area contributed by atoms with E-state index in [0.717, 1.165) is 16.9 Å². The second-order valence-corrected chi connectivity index (χ2v) is 10.0. The number of alkyl halides is 2. The predicted octanol–water partition coefficient (Wildman–Crippen LogP) is -1.11. The highest BCUT2D eigenvalue weighted by molar-refractivity contribution is 6.42. The molecule has 1 saturated heterocycles. The first-order valence-corrected chi connectivity index (χ1v) is 11.9. The maximum atomic E-state index is 14.7. The molecular weight excluding hydrogens is 487 g/mol. The van der Waals surface area contributed by atoms with Crippen molar-refractivity contribution < 1.29 is 28.0 Å². The summed E-state index contributed by atoms with van der Waals surface area (Å²) in [5, 5.41) is 2.62. The molecule has 14 heteroatoms. The fourth-order valence-corrected chi connectivity index (χ4v) is 4.91. The molecule has 7 nitrogen and oxygen atoms in total. The van der Waals surface area contributed by atoms with Gasteiger partial charge in [0, 0.05) is 35.1 Å². The van der Waals surface area contributed by atoms with Crippen molar-refractivity contribution in [2.45, 2.75) is 36.1 Å². The number of hydrogen-bond acceptors (Lipinski definition) is 4. The zero-order valence-electron chi connectivity index (χ0n) is 20.3. The van der Waals surface area contributed by atoms with Crippen molar-refractivity contribution in [3.63, 3.8) is 0 Å². The van der Waals surface area contributed by atoms with Gasteiger partial charge in [-0.3, -0.25) is 19.2 Å². The van der Waals surface area contributed by atoms with Gasteiger partial charge < -0.3 is 15.0 Å². The zero-order valence-corrected chi connectivity index (χ0v) is 21.0. The lowest BCUT2D eigenvalue weighted by molar-refractivity contribution is -0.148. The van der Waals surface area contributed by atoms with E-state index in [1.165, 1.54) is 25.0 Å². The number of carbonyl (C=O) groups excluding carboxylic acids is 4. The van der Waals surface area contributed by atoms with E-state index in [1.807, 2.05) is 0 Å². The van der Waals surface area contributed by atoms with E-state index >= 15 is 0 Å². The Kier molecular flexibility index (Phi) is 6.58. The first-order chi connectivity index (χ1) is 16.8. The Morgan fingerprint density at radius 3 is 2.44 bits per heavy atom. The molecule has 0 aliphatic carbocycles. The normalized spacial score (nSPS) is 23.0. The highest BCUT2D eigenvalue weighted by Gasteiger charge is 2.53. The van der Waals surface area contributed by atoms with Crippen LogP contribution in [0.5, 0.6) is 0 Å². The van der Waals surface area contributed by atoms with Crippen LogP contribution in [-0.4, -0.2) is 70.3 Å². The molecule has 182 valence electrons. The Bertz CT molecular complexity index is 1280. The van der Waals surface area contributed by atoms with Gasteiger partial charge in [-0.25, -0.2) is 0 Å². The maximum Gasteiger partial charge on any atom is 0.349 e. The number of fused-ring (bicyclic) bond motifs is 1. The van der Waals surface area contributed by atoms with E-state index in [4.69, 9.17) is 11.6 Å². The molecule has 0 saturated carbocycles. The first-order valence-electron chi connectivity index (χ1n) is 11.5. The minimum absolute atomic E-state index is 0.123. The molecule has 4 rings (SSSR count). The van der Waals surface area contributed by atoms with Crippen molar-refractivity contribution in [1.82, 2.24) is 15.0 Å². The molecule has 3 atom stereocenters. The minimum Gasteiger partial charge on any atom is -0.352 e. The second-order valence-electron chi connectivity index (χ2n) is 9.59. The molecule has 2 aromatic carbocycles. The quantitative estimate of drug-likeness (QED) is 0.410. The molecular formula is C22H22B4ClF2N3O4. The molecule has 1 fully saturated rings. The third kappa shape index (κ3) is 4.13. The average molecular weight is 509 g/mol. The van der Waals surface area contributed by atoms with Crippen LogP contribution in [0.15, 0.2) is 42.5 Å². The van der Waals surface area contributed by atoms with Crippen molar-refractivity contribution in [2.75, 3.05) is 0 Å². The molecule has 0 aromatic heterocycles. The summed E-state index contributed by atoms with van der Waals surface area (Å²) in [6.07, 6.45) is 0.134. The van der Waals surface area contributed by atoms with Gasteiger partial charge in [-0.15, -0.1) is 0 Å². The number of rotatable bonds is 5. The van der Waals surface area contributed by atoms with Gasteiger partial charge in [0.05, 0.1) is 5.44 Å². The fourth-order valence-electron chi connectivity index (χ4n) is 4.79. The summed E-state index contributed by atoms with van der Waals surface area (Å²) in [4.78, 5) is 53.4. The number of halogens is 3. The highest BCUT2D eigenvalue weighted by atomic mass is 35.5. The predicted molar refractivity (Wildman–Crippen MR) is 140 cm³/mol. The van der Waals surface area contributed by atoms with Crippen LogP contribution in [0.4, 0.5) is 8.78 Å². The summed E-state index contributed by atoms with van der Waals surface area (Å²) >= 11 is 5.75. The Morgan fingerprint density at radius 2 is 1.81 bits per heavy atom. The number of benzene rings is 2. The fraction of sp³-hybridized carbons (Fsp3) is 0.273. The summed E-state index contributed by atoms with van der Waals surface area (Å²) in [5.74, 6) is -7.48. The number of nitrogens with one attached hydrogen (secondary N) is 1. The van der Waals surface area contributed by atoms with Gasteiger partial charge in [0.2, 0.25) is 19.8 Å². The van der Waals surface area contributed by atoms with Gasteiger partial charge in [0.15, 0.2) is 0 Å². The Labute approximate surface area is 215 Å². The summed E-state index contributed by atoms with van der Waals surface area (Å²) in [7, 11) is 6.41. The van der Waals surface area contributed by atoms with Gasteiger partial charge in [-0.1, -0.05) is 35.9 Å². The van der Waals surface area contributed by atoms with Gasteiger partial charge in [-0.2, -0.15) is 8.78 Å². The molecule has 0 bridgehead atoms. The molecule has 2 aliphatic heterocycles. The van der Waals surface area contributed by atoms with E-state index in [-0.39, 0.29) is 35.6 Å². The van der Waals surface area contributed by atoms with Gasteiger partial charge in [0.25, 0.3) is 11.8 Å². The monoisotopic (exact) mass is 509 g/mol. The number of piperidine rings is 1. The highest BCUT2D eigenvalue weighted by Crippen LogP contribution is 2.39. The van der Waals surface area contributed by atoms with Crippen LogP contribution in [0, 0.1) is 0 Å². The largest absolute Gasteiger partial charge is 0.352 e. The topological polar surface area (TPSA) is 86.8 Å². The molecule has 2 aliphatic rings. The number of imide groups is 1. The van der Waals surface area contributed by atoms with Gasteiger partial charge in [0.1, 0.15) is 23.5 Å². The van der Waals surface area contributed by atoms with E-state index in [0.29, 0.717) is 16.7 Å². The molecule has 2 heterocycles. The molecule has 36 heavy (non-hydrogen) atoms. The van der Waals surface area contributed by atoms with Crippen molar-refractivity contribution >= 4 is 66.7 Å². The van der Waals surface area contributed by atoms with Crippen LogP contribution in [0.25, 0.3) is 0 Å². The van der Waals surface area contributed by atoms with Crippen molar-refractivity contribution in [3.8, 4) is 0 Å². The Hall–Kier alpha value is -3.07. The molecule has 0 spiro atoms. The molecule has 2 unspecified atom stereocenters. The average Bonchev–Trinajstić information content (AvgIpc) is 3.17. The Balaban J connectivity index is 1.54. The van der Waals surface area contributed by atoms with Crippen molar-refractivity contribution in [1.29, 1.82) is 0 Å². The number of hydrogen-bond donors (Lipinski definition) is 1. The van der Waals surface area contributed by atoms with E-state index < -0.39 is 34.7 Å². The van der Waals surface area contributed by atoms with Crippen LogP contribution >= 0.6 is 11.6 Å². The zero-order chi connectivity index (χ0) is 26.6. The molecule has 2 aromatic rings. The lowest BCUT2D eigenvalue weighted by Crippen LogP contribution is -2.66. The minimum atomic E-state index is -3.77.